The molecule has 3 aromatic rings. The molecule has 9 nitrogen and oxygen atoms in total. The average Bonchev–Trinajstić information content (AvgIpc) is 2.82. The van der Waals surface area contributed by atoms with Crippen molar-refractivity contribution in [2.24, 2.45) is 19.1 Å². The highest BCUT2D eigenvalue weighted by atomic mass is 35.5. The number of nitrogens with one attached hydrogen (secondary N) is 1. The smallest absolute Gasteiger partial charge is 0.333 e. The Labute approximate surface area is 208 Å². The molecule has 0 spiro atoms. The Bertz CT molecular complexity index is 1380. The lowest BCUT2D eigenvalue weighted by Crippen LogP contribution is -2.39. The highest BCUT2D eigenvalue weighted by Gasteiger charge is 2.22. The number of ether oxygens (including phenoxy) is 1. The van der Waals surface area contributed by atoms with E-state index < -0.39 is 23.0 Å². The lowest BCUT2D eigenvalue weighted by atomic mass is 10.3. The number of hydrogen-bond acceptors (Lipinski definition) is 7. The zero-order valence-corrected chi connectivity index (χ0v) is 20.7. The van der Waals surface area contributed by atoms with Gasteiger partial charge in [0, 0.05) is 19.8 Å². The van der Waals surface area contributed by atoms with E-state index in [1.54, 1.807) is 36.4 Å². The van der Waals surface area contributed by atoms with Crippen LogP contribution in [0.25, 0.3) is 0 Å². The van der Waals surface area contributed by atoms with Crippen molar-refractivity contribution in [1.82, 2.24) is 9.13 Å². The van der Waals surface area contributed by atoms with E-state index in [1.807, 2.05) is 0 Å². The molecule has 2 aromatic carbocycles. The third-order valence-electron chi connectivity index (χ3n) is 4.69. The van der Waals surface area contributed by atoms with Gasteiger partial charge in [-0.25, -0.2) is 9.79 Å². The van der Waals surface area contributed by atoms with Gasteiger partial charge in [-0.3, -0.25) is 18.7 Å². The number of thioether (sulfide) groups is 1. The van der Waals surface area contributed by atoms with Crippen molar-refractivity contribution in [3.8, 4) is 11.6 Å². The molecule has 2 N–H and O–H groups in total. The second kappa shape index (κ2) is 10.8. The first-order valence-corrected chi connectivity index (χ1v) is 11.5. The number of anilines is 1. The van der Waals surface area contributed by atoms with Crippen molar-refractivity contribution in [3.05, 3.63) is 78.9 Å². The monoisotopic (exact) mass is 522 g/mol. The highest BCUT2D eigenvalue weighted by molar-refractivity contribution is 8.15. The van der Waals surface area contributed by atoms with Crippen molar-refractivity contribution in [1.29, 1.82) is 0 Å². The Morgan fingerprint density at radius 1 is 1.09 bits per heavy atom. The normalized spacial score (nSPS) is 11.4. The molecule has 178 valence electrons. The van der Waals surface area contributed by atoms with E-state index in [0.717, 1.165) is 20.9 Å². The summed E-state index contributed by atoms with van der Waals surface area (Å²) in [6.07, 6.45) is 0. The van der Waals surface area contributed by atoms with Gasteiger partial charge in [0.25, 0.3) is 5.56 Å². The molecule has 12 heteroatoms. The minimum atomic E-state index is -0.745. The summed E-state index contributed by atoms with van der Waals surface area (Å²) in [5.41, 5.74) is -0.756. The van der Waals surface area contributed by atoms with Gasteiger partial charge in [0.2, 0.25) is 11.8 Å². The van der Waals surface area contributed by atoms with Crippen molar-refractivity contribution < 1.29 is 14.6 Å². The van der Waals surface area contributed by atoms with E-state index in [2.05, 4.69) is 10.3 Å². The van der Waals surface area contributed by atoms with Crippen LogP contribution in [0.4, 0.5) is 11.4 Å². The number of nitrogens with zero attached hydrogens (tertiary/aromatic N) is 3. The van der Waals surface area contributed by atoms with Gasteiger partial charge in [0.15, 0.2) is 0 Å². The van der Waals surface area contributed by atoms with E-state index in [0.29, 0.717) is 22.1 Å². The van der Waals surface area contributed by atoms with Gasteiger partial charge in [-0.15, -0.1) is 0 Å². The van der Waals surface area contributed by atoms with Crippen LogP contribution in [-0.2, 0) is 18.9 Å². The Balaban J connectivity index is 1.96. The summed E-state index contributed by atoms with van der Waals surface area (Å²) in [7, 11) is 4.14. The van der Waals surface area contributed by atoms with Gasteiger partial charge in [-0.05, 0) is 42.5 Å². The largest absolute Gasteiger partial charge is 0.497 e. The van der Waals surface area contributed by atoms with Gasteiger partial charge >= 0.3 is 5.69 Å². The molecular weight excluding hydrogens is 503 g/mol. The van der Waals surface area contributed by atoms with Crippen LogP contribution in [0.5, 0.6) is 11.6 Å². The fourth-order valence-corrected chi connectivity index (χ4v) is 3.99. The third kappa shape index (κ3) is 5.64. The molecule has 1 aromatic heterocycles. The van der Waals surface area contributed by atoms with Crippen LogP contribution in [0.1, 0.15) is 5.56 Å². The first-order valence-electron chi connectivity index (χ1n) is 9.72. The lowest BCUT2D eigenvalue weighted by Gasteiger charge is -2.13. The Morgan fingerprint density at radius 3 is 2.38 bits per heavy atom. The standard InChI is InChI=1S/C22H20Cl2N4O5S/c1-27-20(30)18(21(31)28(2)22(27)32)19(26-12-4-7-14(33-3)8-5-12)34-11-17(29)25-13-6-9-15(23)16(24)10-13/h4-10,30H,11H2,1-3H3,(H,25,29). The summed E-state index contributed by atoms with van der Waals surface area (Å²) >= 11 is 12.8. The number of amides is 1. The molecule has 0 fully saturated rings. The Kier molecular flexibility index (Phi) is 8.08. The van der Waals surface area contributed by atoms with Gasteiger partial charge in [-0.1, -0.05) is 35.0 Å². The predicted octanol–water partition coefficient (Wildman–Crippen LogP) is 3.56. The van der Waals surface area contributed by atoms with Gasteiger partial charge in [0.1, 0.15) is 16.4 Å². The zero-order chi connectivity index (χ0) is 25.0. The van der Waals surface area contributed by atoms with Crippen molar-refractivity contribution in [2.45, 2.75) is 0 Å². The minimum Gasteiger partial charge on any atom is -0.497 e. The van der Waals surface area contributed by atoms with E-state index in [9.17, 15) is 19.5 Å². The van der Waals surface area contributed by atoms with E-state index in [4.69, 9.17) is 27.9 Å². The first-order chi connectivity index (χ1) is 16.1. The third-order valence-corrected chi connectivity index (χ3v) is 6.41. The summed E-state index contributed by atoms with van der Waals surface area (Å²) < 4.78 is 6.92. The van der Waals surface area contributed by atoms with Crippen molar-refractivity contribution >= 4 is 57.3 Å². The molecule has 1 heterocycles. The molecule has 0 aliphatic heterocycles. The van der Waals surface area contributed by atoms with Gasteiger partial charge in [0.05, 0.1) is 28.6 Å². The molecule has 34 heavy (non-hydrogen) atoms. The molecule has 0 aliphatic rings. The maximum absolute atomic E-state index is 12.8. The number of aliphatic imine (C=N–C) groups is 1. The number of aromatic hydroxyl groups is 1. The van der Waals surface area contributed by atoms with E-state index >= 15 is 0 Å². The van der Waals surface area contributed by atoms with Crippen LogP contribution in [0, 0.1) is 0 Å². The van der Waals surface area contributed by atoms with Crippen LogP contribution < -0.4 is 21.3 Å². The van der Waals surface area contributed by atoms with Crippen molar-refractivity contribution in [3.63, 3.8) is 0 Å². The summed E-state index contributed by atoms with van der Waals surface area (Å²) in [6, 6.07) is 11.3. The zero-order valence-electron chi connectivity index (χ0n) is 18.3. The molecule has 0 radical (unpaired) electrons. The number of hydrogen-bond donors (Lipinski definition) is 2. The summed E-state index contributed by atoms with van der Waals surface area (Å²) in [4.78, 5) is 42.0. The second-order valence-electron chi connectivity index (χ2n) is 6.99. The molecule has 1 amide bonds. The van der Waals surface area contributed by atoms with Crippen molar-refractivity contribution in [2.75, 3.05) is 18.2 Å². The molecular formula is C22H20Cl2N4O5S. The summed E-state index contributed by atoms with van der Waals surface area (Å²) in [6.45, 7) is 0. The molecule has 0 atom stereocenters. The quantitative estimate of drug-likeness (QED) is 0.377. The van der Waals surface area contributed by atoms with Crippen LogP contribution in [0.2, 0.25) is 10.0 Å². The maximum Gasteiger partial charge on any atom is 0.333 e. The molecule has 0 unspecified atom stereocenters. The van der Waals surface area contributed by atoms with Crippen LogP contribution in [0.3, 0.4) is 0 Å². The van der Waals surface area contributed by atoms with Crippen LogP contribution >= 0.6 is 35.0 Å². The predicted molar refractivity (Wildman–Crippen MR) is 135 cm³/mol. The van der Waals surface area contributed by atoms with E-state index in [1.165, 1.54) is 27.3 Å². The Morgan fingerprint density at radius 2 is 1.76 bits per heavy atom. The number of carbonyl (C=O) groups excluding carboxylic acids is 1. The highest BCUT2D eigenvalue weighted by Crippen LogP contribution is 2.27. The fraction of sp³-hybridized carbons (Fsp3) is 0.182. The number of carbonyl (C=O) groups is 1. The number of benzene rings is 2. The Hall–Kier alpha value is -3.21. The second-order valence-corrected chi connectivity index (χ2v) is 8.76. The summed E-state index contributed by atoms with van der Waals surface area (Å²) in [5, 5.41) is 14.0. The lowest BCUT2D eigenvalue weighted by molar-refractivity contribution is -0.113. The topological polar surface area (TPSA) is 115 Å². The maximum atomic E-state index is 12.8. The molecule has 0 bridgehead atoms. The minimum absolute atomic E-state index is 0.0585. The molecule has 0 aliphatic carbocycles. The number of rotatable bonds is 6. The average molecular weight is 523 g/mol. The molecule has 0 saturated carbocycles. The summed E-state index contributed by atoms with van der Waals surface area (Å²) in [5.74, 6) is -0.513. The van der Waals surface area contributed by atoms with Crippen LogP contribution in [-0.4, -0.2) is 38.1 Å². The van der Waals surface area contributed by atoms with E-state index in [-0.39, 0.29) is 21.4 Å². The molecule has 0 saturated heterocycles. The molecule has 3 rings (SSSR count). The SMILES string of the molecule is COc1ccc(N=C(SCC(=O)Nc2ccc(Cl)c(Cl)c2)c2c(O)n(C)c(=O)n(C)c2=O)cc1. The van der Waals surface area contributed by atoms with Crippen LogP contribution in [0.15, 0.2) is 57.0 Å². The van der Waals surface area contributed by atoms with Gasteiger partial charge in [-0.2, -0.15) is 0 Å². The fourth-order valence-electron chi connectivity index (χ4n) is 2.86. The number of methoxy groups -OCH3 is 1. The van der Waals surface area contributed by atoms with Gasteiger partial charge < -0.3 is 15.2 Å². The first kappa shape index (κ1) is 25.4. The number of aromatic nitrogens is 2. The number of halogens is 2.